The van der Waals surface area contributed by atoms with Gasteiger partial charge in [-0.05, 0) is 0 Å². The van der Waals surface area contributed by atoms with E-state index in [2.05, 4.69) is 4.98 Å². The fourth-order valence-electron chi connectivity index (χ4n) is 2.06. The second-order valence-corrected chi connectivity index (χ2v) is 7.03. The van der Waals surface area contributed by atoms with Crippen molar-refractivity contribution < 1.29 is 23.2 Å². The Kier molecular flexibility index (Phi) is 4.87. The second-order valence-electron chi connectivity index (χ2n) is 4.98. The summed E-state index contributed by atoms with van der Waals surface area (Å²) in [6.45, 7) is 0. The molecule has 0 aliphatic heterocycles. The van der Waals surface area contributed by atoms with E-state index in [9.17, 15) is 23.6 Å². The zero-order chi connectivity index (χ0) is 18.1. The first-order chi connectivity index (χ1) is 11.2. The zero-order valence-electron chi connectivity index (χ0n) is 13.1. The van der Waals surface area contributed by atoms with E-state index in [1.807, 2.05) is 0 Å². The Morgan fingerprint density at radius 1 is 1.42 bits per heavy atom. The predicted molar refractivity (Wildman–Crippen MR) is 83.9 cm³/mol. The van der Waals surface area contributed by atoms with Crippen LogP contribution in [-0.4, -0.2) is 52.9 Å². The van der Waals surface area contributed by atoms with Gasteiger partial charge in [0.05, 0.1) is 17.7 Å². The van der Waals surface area contributed by atoms with E-state index >= 15 is 0 Å². The summed E-state index contributed by atoms with van der Waals surface area (Å²) in [5.74, 6) is -0.111. The van der Waals surface area contributed by atoms with Gasteiger partial charge in [-0.1, -0.05) is 12.1 Å². The minimum atomic E-state index is -3.77. The molecule has 1 N–H and O–H groups in total. The summed E-state index contributed by atoms with van der Waals surface area (Å²) in [5.41, 5.74) is -0.187. The Balaban J connectivity index is 2.48. The fraction of sp³-hybridized carbons (Fsp3) is 0.308. The van der Waals surface area contributed by atoms with Crippen molar-refractivity contribution >= 4 is 15.9 Å². The third-order valence-electron chi connectivity index (χ3n) is 3.31. The number of hydrogen-bond acceptors (Lipinski definition) is 7. The lowest BCUT2D eigenvalue weighted by atomic mass is 10.0. The monoisotopic (exact) mass is 356 g/mol. The smallest absolute Gasteiger partial charge is 0.311 e. The lowest BCUT2D eigenvalue weighted by Gasteiger charge is -2.13. The highest BCUT2D eigenvalue weighted by Crippen LogP contribution is 2.36. The molecule has 0 saturated carbocycles. The van der Waals surface area contributed by atoms with Gasteiger partial charge in [0.2, 0.25) is 5.75 Å². The lowest BCUT2D eigenvalue weighted by Crippen LogP contribution is -2.27. The van der Waals surface area contributed by atoms with Crippen LogP contribution in [-0.2, 0) is 10.2 Å². The molecule has 0 spiro atoms. The number of rotatable bonds is 6. The van der Waals surface area contributed by atoms with Gasteiger partial charge in [0.25, 0.3) is 0 Å². The van der Waals surface area contributed by atoms with E-state index in [1.54, 1.807) is 0 Å². The Morgan fingerprint density at radius 2 is 2.08 bits per heavy atom. The number of methoxy groups -OCH3 is 1. The highest BCUT2D eigenvalue weighted by Gasteiger charge is 2.26. The maximum absolute atomic E-state index is 12.0. The molecule has 0 aliphatic carbocycles. The van der Waals surface area contributed by atoms with Gasteiger partial charge in [0, 0.05) is 31.9 Å². The number of hydrogen-bond donors (Lipinski definition) is 1. The van der Waals surface area contributed by atoms with E-state index in [-0.39, 0.29) is 22.7 Å². The second kappa shape index (κ2) is 6.55. The topological polar surface area (TPSA) is 128 Å². The minimum absolute atomic E-state index is 0.0132. The van der Waals surface area contributed by atoms with Gasteiger partial charge in [-0.25, -0.2) is 8.96 Å². The van der Waals surface area contributed by atoms with Gasteiger partial charge in [-0.15, -0.1) is 0 Å². The molecule has 130 valence electrons. The summed E-state index contributed by atoms with van der Waals surface area (Å²) in [6.07, 6.45) is 0.786. The molecule has 2 aromatic rings. The van der Waals surface area contributed by atoms with Crippen molar-refractivity contribution in [2.45, 2.75) is 6.10 Å². The Labute approximate surface area is 138 Å². The third kappa shape index (κ3) is 3.09. The number of benzene rings is 1. The maximum atomic E-state index is 12.0. The van der Waals surface area contributed by atoms with Crippen LogP contribution in [0.4, 0.5) is 5.69 Å². The maximum Gasteiger partial charge on any atom is 0.311 e. The van der Waals surface area contributed by atoms with Crippen LogP contribution in [0, 0.1) is 10.1 Å². The fourth-order valence-corrected chi connectivity index (χ4v) is 2.84. The standard InChI is InChI=1S/C13H16N4O6S/c1-15(2)24(21,22)16-7-10(14-8-16)12(18)9-5-4-6-11(17(19)20)13(9)23-3/h4-8,12,18H,1-3H3. The molecule has 0 fully saturated rings. The zero-order valence-corrected chi connectivity index (χ0v) is 14.0. The molecule has 0 aliphatic rings. The van der Waals surface area contributed by atoms with Crippen LogP contribution in [0.1, 0.15) is 17.4 Å². The average Bonchev–Trinajstić information content (AvgIpc) is 3.03. The quantitative estimate of drug-likeness (QED) is 0.591. The van der Waals surface area contributed by atoms with Crippen LogP contribution in [0.15, 0.2) is 30.7 Å². The van der Waals surface area contributed by atoms with Crippen molar-refractivity contribution in [3.05, 3.63) is 52.1 Å². The largest absolute Gasteiger partial charge is 0.490 e. The van der Waals surface area contributed by atoms with Crippen molar-refractivity contribution in [1.82, 2.24) is 13.3 Å². The summed E-state index contributed by atoms with van der Waals surface area (Å²) in [4.78, 5) is 14.3. The van der Waals surface area contributed by atoms with Crippen LogP contribution in [0.2, 0.25) is 0 Å². The highest BCUT2D eigenvalue weighted by atomic mass is 32.2. The van der Waals surface area contributed by atoms with E-state index in [4.69, 9.17) is 4.74 Å². The van der Waals surface area contributed by atoms with Crippen molar-refractivity contribution in [2.75, 3.05) is 21.2 Å². The Hall–Kier alpha value is -2.50. The molecule has 1 heterocycles. The van der Waals surface area contributed by atoms with Crippen molar-refractivity contribution in [2.24, 2.45) is 0 Å². The number of aliphatic hydroxyl groups excluding tert-OH is 1. The number of imidazole rings is 1. The molecule has 10 nitrogen and oxygen atoms in total. The van der Waals surface area contributed by atoms with E-state index in [0.717, 1.165) is 20.8 Å². The highest BCUT2D eigenvalue weighted by molar-refractivity contribution is 7.87. The van der Waals surface area contributed by atoms with Crippen molar-refractivity contribution in [1.29, 1.82) is 0 Å². The van der Waals surface area contributed by atoms with Crippen LogP contribution in [0.3, 0.4) is 0 Å². The molecule has 0 radical (unpaired) electrons. The number of ether oxygens (including phenoxy) is 1. The molecule has 1 atom stereocenters. The summed E-state index contributed by atoms with van der Waals surface area (Å²) in [7, 11) is 0.184. The number of nitro groups is 1. The molecular weight excluding hydrogens is 340 g/mol. The minimum Gasteiger partial charge on any atom is -0.490 e. The summed E-state index contributed by atoms with van der Waals surface area (Å²) >= 11 is 0. The van der Waals surface area contributed by atoms with Crippen LogP contribution in [0.25, 0.3) is 0 Å². The number of nitro benzene ring substituents is 1. The Morgan fingerprint density at radius 3 is 2.62 bits per heavy atom. The van der Waals surface area contributed by atoms with Crippen molar-refractivity contribution in [3.63, 3.8) is 0 Å². The lowest BCUT2D eigenvalue weighted by molar-refractivity contribution is -0.385. The molecule has 2 rings (SSSR count). The number of para-hydroxylation sites is 1. The number of aromatic nitrogens is 2. The van der Waals surface area contributed by atoms with Gasteiger partial charge in [-0.3, -0.25) is 10.1 Å². The molecule has 0 amide bonds. The summed E-state index contributed by atoms with van der Waals surface area (Å²) < 4.78 is 30.9. The SMILES string of the molecule is COc1c(C(O)c2cn(S(=O)(=O)N(C)C)cn2)cccc1[N+](=O)[O-]. The number of aliphatic hydroxyl groups is 1. The van der Waals surface area contributed by atoms with E-state index in [1.165, 1.54) is 39.4 Å². The summed E-state index contributed by atoms with van der Waals surface area (Å²) in [5, 5.41) is 21.5. The van der Waals surface area contributed by atoms with Crippen LogP contribution >= 0.6 is 0 Å². The van der Waals surface area contributed by atoms with Gasteiger partial charge < -0.3 is 9.84 Å². The van der Waals surface area contributed by atoms with Gasteiger partial charge in [-0.2, -0.15) is 12.7 Å². The molecule has 1 aromatic heterocycles. The van der Waals surface area contributed by atoms with Gasteiger partial charge in [0.1, 0.15) is 12.4 Å². The van der Waals surface area contributed by atoms with Crippen molar-refractivity contribution in [3.8, 4) is 5.75 Å². The molecule has 1 unspecified atom stereocenters. The van der Waals surface area contributed by atoms with Gasteiger partial charge in [0.15, 0.2) is 0 Å². The van der Waals surface area contributed by atoms with Gasteiger partial charge >= 0.3 is 15.9 Å². The average molecular weight is 356 g/mol. The molecule has 11 heteroatoms. The Bertz CT molecular complexity index is 861. The van der Waals surface area contributed by atoms with E-state index in [0.29, 0.717) is 0 Å². The predicted octanol–water partition coefficient (Wildman–Crippen LogP) is 0.536. The molecule has 24 heavy (non-hydrogen) atoms. The number of nitrogens with zero attached hydrogens (tertiary/aromatic N) is 4. The van der Waals surface area contributed by atoms with Crippen LogP contribution < -0.4 is 4.74 Å². The first-order valence-corrected chi connectivity index (χ1v) is 8.06. The molecule has 0 bridgehead atoms. The molecule has 0 saturated heterocycles. The first-order valence-electron chi connectivity index (χ1n) is 6.66. The normalized spacial score (nSPS) is 13.0. The molecule has 1 aromatic carbocycles. The molecular formula is C13H16N4O6S. The van der Waals surface area contributed by atoms with Crippen LogP contribution in [0.5, 0.6) is 5.75 Å². The van der Waals surface area contributed by atoms with E-state index < -0.39 is 21.2 Å². The third-order valence-corrected chi connectivity index (χ3v) is 4.96. The first kappa shape index (κ1) is 17.8. The summed E-state index contributed by atoms with van der Waals surface area (Å²) in [6, 6.07) is 4.08.